The fourth-order valence-corrected chi connectivity index (χ4v) is 4.87. The standard InChI is InChI=1S/C19H18Cl2N4O3S.ClH/c1-24-5-4-13-17(24)14(19(26)25-6-8-29(27,28)9-7-25)11-22-18(13)23-12-2-3-15(20)16(21)10-12;/h2-5,10-11H,6-9H2,1H3,(H,22,23);1H. The van der Waals surface area contributed by atoms with E-state index in [1.165, 1.54) is 6.20 Å². The van der Waals surface area contributed by atoms with Gasteiger partial charge in [-0.15, -0.1) is 12.4 Å². The van der Waals surface area contributed by atoms with Crippen molar-refractivity contribution in [1.29, 1.82) is 0 Å². The van der Waals surface area contributed by atoms with Gasteiger partial charge >= 0.3 is 0 Å². The lowest BCUT2D eigenvalue weighted by molar-refractivity contribution is 0.0771. The number of fused-ring (bicyclic) bond motifs is 1. The molecule has 4 rings (SSSR count). The Hall–Kier alpha value is -2.00. The third-order valence-corrected chi connectivity index (χ3v) is 7.30. The topological polar surface area (TPSA) is 84.3 Å². The van der Waals surface area contributed by atoms with Crippen molar-refractivity contribution < 1.29 is 13.2 Å². The van der Waals surface area contributed by atoms with Crippen LogP contribution in [0.25, 0.3) is 10.9 Å². The molecule has 1 aromatic carbocycles. The predicted octanol–water partition coefficient (Wildman–Crippen LogP) is 3.92. The van der Waals surface area contributed by atoms with Crippen LogP contribution in [-0.2, 0) is 16.9 Å². The number of hydrogen-bond acceptors (Lipinski definition) is 5. The molecule has 1 saturated heterocycles. The molecule has 2 aromatic heterocycles. The highest BCUT2D eigenvalue weighted by Crippen LogP contribution is 2.31. The number of aryl methyl sites for hydroxylation is 1. The third-order valence-electron chi connectivity index (χ3n) is 4.95. The number of hydrogen-bond donors (Lipinski definition) is 1. The van der Waals surface area contributed by atoms with E-state index >= 15 is 0 Å². The van der Waals surface area contributed by atoms with Crippen LogP contribution in [-0.4, -0.2) is 53.4 Å². The Labute approximate surface area is 190 Å². The van der Waals surface area contributed by atoms with Gasteiger partial charge < -0.3 is 14.8 Å². The normalized spacial score (nSPS) is 15.6. The number of anilines is 2. The van der Waals surface area contributed by atoms with Crippen LogP contribution in [0.1, 0.15) is 10.4 Å². The highest BCUT2D eigenvalue weighted by Gasteiger charge is 2.28. The van der Waals surface area contributed by atoms with E-state index in [0.29, 0.717) is 21.4 Å². The average Bonchev–Trinajstić information content (AvgIpc) is 3.07. The van der Waals surface area contributed by atoms with E-state index in [4.69, 9.17) is 23.2 Å². The summed E-state index contributed by atoms with van der Waals surface area (Å²) >= 11 is 12.1. The van der Waals surface area contributed by atoms with Crippen LogP contribution in [0, 0.1) is 0 Å². The number of carbonyl (C=O) groups is 1. The predicted molar refractivity (Wildman–Crippen MR) is 122 cm³/mol. The van der Waals surface area contributed by atoms with Crippen molar-refractivity contribution in [3.05, 3.63) is 52.3 Å². The summed E-state index contributed by atoms with van der Waals surface area (Å²) in [4.78, 5) is 19.1. The first kappa shape index (κ1) is 22.7. The summed E-state index contributed by atoms with van der Waals surface area (Å²) in [6, 6.07) is 7.06. The molecule has 160 valence electrons. The number of carbonyl (C=O) groups excluding carboxylic acids is 1. The van der Waals surface area contributed by atoms with Crippen LogP contribution in [0.2, 0.25) is 10.0 Å². The monoisotopic (exact) mass is 488 g/mol. The van der Waals surface area contributed by atoms with E-state index in [1.807, 2.05) is 23.9 Å². The number of halogens is 3. The van der Waals surface area contributed by atoms with Crippen LogP contribution in [0.4, 0.5) is 11.5 Å². The lowest BCUT2D eigenvalue weighted by Gasteiger charge is -2.27. The summed E-state index contributed by atoms with van der Waals surface area (Å²) in [6.07, 6.45) is 3.37. The van der Waals surface area contributed by atoms with E-state index in [9.17, 15) is 13.2 Å². The molecule has 0 atom stereocenters. The average molecular weight is 490 g/mol. The molecule has 7 nitrogen and oxygen atoms in total. The van der Waals surface area contributed by atoms with Gasteiger partial charge in [0.25, 0.3) is 5.91 Å². The zero-order valence-electron chi connectivity index (χ0n) is 15.9. The van der Waals surface area contributed by atoms with Crippen molar-refractivity contribution in [2.24, 2.45) is 7.05 Å². The van der Waals surface area contributed by atoms with Gasteiger partial charge in [-0.2, -0.15) is 0 Å². The van der Waals surface area contributed by atoms with E-state index in [2.05, 4.69) is 10.3 Å². The molecule has 11 heteroatoms. The third kappa shape index (κ3) is 4.37. The van der Waals surface area contributed by atoms with Crippen molar-refractivity contribution in [2.45, 2.75) is 0 Å². The van der Waals surface area contributed by atoms with Crippen LogP contribution in [0.5, 0.6) is 0 Å². The van der Waals surface area contributed by atoms with E-state index in [-0.39, 0.29) is 42.9 Å². The second kappa shape index (κ2) is 8.63. The Balaban J connectivity index is 0.00000256. The van der Waals surface area contributed by atoms with Gasteiger partial charge in [-0.05, 0) is 24.3 Å². The number of benzene rings is 1. The van der Waals surface area contributed by atoms with Gasteiger partial charge in [-0.3, -0.25) is 4.79 Å². The number of sulfone groups is 1. The molecule has 3 heterocycles. The Kier molecular flexibility index (Phi) is 6.52. The Morgan fingerprint density at radius 3 is 2.50 bits per heavy atom. The first-order valence-electron chi connectivity index (χ1n) is 8.91. The molecule has 0 unspecified atom stereocenters. The molecule has 30 heavy (non-hydrogen) atoms. The second-order valence-electron chi connectivity index (χ2n) is 6.91. The van der Waals surface area contributed by atoms with Crippen molar-refractivity contribution in [1.82, 2.24) is 14.5 Å². The van der Waals surface area contributed by atoms with E-state index < -0.39 is 9.84 Å². The first-order chi connectivity index (χ1) is 13.7. The molecule has 0 radical (unpaired) electrons. The van der Waals surface area contributed by atoms with E-state index in [1.54, 1.807) is 23.1 Å². The van der Waals surface area contributed by atoms with Crippen molar-refractivity contribution >= 4 is 73.8 Å². The summed E-state index contributed by atoms with van der Waals surface area (Å²) in [7, 11) is -1.21. The smallest absolute Gasteiger partial charge is 0.257 e. The molecule has 3 aromatic rings. The zero-order valence-corrected chi connectivity index (χ0v) is 19.1. The number of rotatable bonds is 3. The summed E-state index contributed by atoms with van der Waals surface area (Å²) < 4.78 is 25.2. The molecule has 0 aliphatic carbocycles. The highest BCUT2D eigenvalue weighted by atomic mass is 35.5. The summed E-state index contributed by atoms with van der Waals surface area (Å²) in [5, 5.41) is 4.87. The molecular weight excluding hydrogens is 471 g/mol. The molecule has 1 fully saturated rings. The maximum Gasteiger partial charge on any atom is 0.257 e. The van der Waals surface area contributed by atoms with Gasteiger partial charge in [0.05, 0.1) is 32.6 Å². The van der Waals surface area contributed by atoms with Crippen LogP contribution in [0.15, 0.2) is 36.7 Å². The molecule has 1 N–H and O–H groups in total. The first-order valence-corrected chi connectivity index (χ1v) is 11.5. The van der Waals surface area contributed by atoms with Gasteiger partial charge in [0.2, 0.25) is 0 Å². The largest absolute Gasteiger partial charge is 0.350 e. The van der Waals surface area contributed by atoms with Gasteiger partial charge in [-0.1, -0.05) is 23.2 Å². The minimum Gasteiger partial charge on any atom is -0.350 e. The highest BCUT2D eigenvalue weighted by molar-refractivity contribution is 7.91. The number of aromatic nitrogens is 2. The minimum absolute atomic E-state index is 0. The van der Waals surface area contributed by atoms with Gasteiger partial charge in [0, 0.05) is 43.6 Å². The molecule has 0 spiro atoms. The number of amides is 1. The van der Waals surface area contributed by atoms with Crippen LogP contribution >= 0.6 is 35.6 Å². The van der Waals surface area contributed by atoms with Crippen LogP contribution < -0.4 is 5.32 Å². The fourth-order valence-electron chi connectivity index (χ4n) is 3.37. The Morgan fingerprint density at radius 2 is 1.83 bits per heavy atom. The summed E-state index contributed by atoms with van der Waals surface area (Å²) in [5.74, 6) is 0.329. The number of nitrogens with one attached hydrogen (secondary N) is 1. The Morgan fingerprint density at radius 1 is 1.13 bits per heavy atom. The van der Waals surface area contributed by atoms with Gasteiger partial charge in [0.15, 0.2) is 9.84 Å². The van der Waals surface area contributed by atoms with E-state index in [0.717, 1.165) is 16.6 Å². The van der Waals surface area contributed by atoms with Crippen molar-refractivity contribution in [3.63, 3.8) is 0 Å². The fraction of sp³-hybridized carbons (Fsp3) is 0.263. The van der Waals surface area contributed by atoms with Gasteiger partial charge in [0.1, 0.15) is 5.82 Å². The lowest BCUT2D eigenvalue weighted by Crippen LogP contribution is -2.43. The van der Waals surface area contributed by atoms with Gasteiger partial charge in [-0.25, -0.2) is 13.4 Å². The van der Waals surface area contributed by atoms with Crippen LogP contribution in [0.3, 0.4) is 0 Å². The van der Waals surface area contributed by atoms with Crippen molar-refractivity contribution in [3.8, 4) is 0 Å². The quantitative estimate of drug-likeness (QED) is 0.603. The minimum atomic E-state index is -3.06. The second-order valence-corrected chi connectivity index (χ2v) is 10.0. The molecular formula is C19H19Cl3N4O3S. The Bertz CT molecular complexity index is 1210. The maximum absolute atomic E-state index is 13.1. The number of pyridine rings is 1. The molecule has 1 aliphatic heterocycles. The molecule has 0 bridgehead atoms. The summed E-state index contributed by atoms with van der Waals surface area (Å²) in [5.41, 5.74) is 1.88. The SMILES string of the molecule is Cl.Cn1ccc2c(Nc3ccc(Cl)c(Cl)c3)ncc(C(=O)N3CCS(=O)(=O)CC3)c21. The molecule has 1 amide bonds. The molecule has 1 aliphatic rings. The number of nitrogens with zero attached hydrogens (tertiary/aromatic N) is 3. The van der Waals surface area contributed by atoms with Crippen molar-refractivity contribution in [2.75, 3.05) is 29.9 Å². The zero-order chi connectivity index (χ0) is 20.8. The maximum atomic E-state index is 13.1. The molecule has 0 saturated carbocycles. The lowest BCUT2D eigenvalue weighted by atomic mass is 10.1. The summed E-state index contributed by atoms with van der Waals surface area (Å²) in [6.45, 7) is 0.382.